The molecule has 0 aromatic heterocycles. The summed E-state index contributed by atoms with van der Waals surface area (Å²) in [5.74, 6) is -2.14. The molecule has 1 aliphatic heterocycles. The molecule has 2 aromatic rings. The number of nitrogens with one attached hydrogen (secondary N) is 1. The van der Waals surface area contributed by atoms with Gasteiger partial charge in [-0.1, -0.05) is 116 Å². The van der Waals surface area contributed by atoms with E-state index in [-0.39, 0.29) is 0 Å². The Morgan fingerprint density at radius 3 is 1.72 bits per heavy atom. The van der Waals surface area contributed by atoms with Gasteiger partial charge in [0.1, 0.15) is 25.4 Å². The average molecular weight is 719 g/mol. The van der Waals surface area contributed by atoms with E-state index in [0.717, 1.165) is 24.2 Å². The Hall–Kier alpha value is -2.87. The molecule has 1 saturated heterocycles. The van der Waals surface area contributed by atoms with E-state index in [1.807, 2.05) is 81.4 Å². The highest BCUT2D eigenvalue weighted by Gasteiger charge is 2.58. The van der Waals surface area contributed by atoms with Gasteiger partial charge >= 0.3 is 24.0 Å². The van der Waals surface area contributed by atoms with Crippen molar-refractivity contribution >= 4 is 77.5 Å². The number of benzene rings is 2. The summed E-state index contributed by atoms with van der Waals surface area (Å²) in [4.78, 5) is 49.7. The molecule has 5 unspecified atom stereocenters. The zero-order valence-electron chi connectivity index (χ0n) is 26.3. The molecule has 252 valence electrons. The molecule has 0 radical (unpaired) electrons. The fourth-order valence-corrected chi connectivity index (χ4v) is 10.1. The van der Waals surface area contributed by atoms with Crippen LogP contribution in [0.5, 0.6) is 0 Å². The lowest BCUT2D eigenvalue weighted by Crippen LogP contribution is -2.73. The predicted octanol–water partition coefficient (Wildman–Crippen LogP) is 4.18. The Morgan fingerprint density at radius 2 is 1.28 bits per heavy atom. The van der Waals surface area contributed by atoms with E-state index < -0.39 is 85.0 Å². The van der Waals surface area contributed by atoms with Gasteiger partial charge in [0.15, 0.2) is 18.5 Å². The lowest BCUT2D eigenvalue weighted by atomic mass is 9.96. The van der Waals surface area contributed by atoms with E-state index >= 15 is 0 Å². The lowest BCUT2D eigenvalue weighted by molar-refractivity contribution is -0.258. The second-order valence-electron chi connectivity index (χ2n) is 11.6. The van der Waals surface area contributed by atoms with Gasteiger partial charge in [0.05, 0.1) is 0 Å². The van der Waals surface area contributed by atoms with E-state index in [2.05, 4.69) is 5.32 Å². The largest absolute Gasteiger partial charge is 0.463 e. The van der Waals surface area contributed by atoms with Crippen LogP contribution < -0.4 is 15.7 Å². The third kappa shape index (κ3) is 9.82. The van der Waals surface area contributed by atoms with Crippen molar-refractivity contribution in [1.82, 2.24) is 5.32 Å². The highest BCUT2D eigenvalue weighted by molar-refractivity contribution is 6.99. The molecule has 0 bridgehead atoms. The molecule has 1 heterocycles. The van der Waals surface area contributed by atoms with E-state index in [1.54, 1.807) is 0 Å². The molecule has 2 aromatic carbocycles. The summed E-state index contributed by atoms with van der Waals surface area (Å²) < 4.78 is 33.3. The van der Waals surface area contributed by atoms with Gasteiger partial charge in [0.2, 0.25) is 3.79 Å². The Kier molecular flexibility index (Phi) is 12.9. The maximum atomic E-state index is 13.1. The topological polar surface area (TPSA) is 136 Å². The summed E-state index contributed by atoms with van der Waals surface area (Å²) in [6, 6.07) is 17.8. The number of esters is 3. The van der Waals surface area contributed by atoms with Crippen molar-refractivity contribution in [2.24, 2.45) is 0 Å². The lowest BCUT2D eigenvalue weighted by Gasteiger charge is -2.50. The molecule has 1 aliphatic rings. The SMILES string of the molecule is CC(=O)OCC1OC(O[Si](c2ccccc2)(c2ccccc2)C(C)(C)C)C(NC(=O)OCC(Cl)(Cl)Cl)C(OC(C)=O)C1OC(C)=O. The van der Waals surface area contributed by atoms with Crippen LogP contribution in [0.3, 0.4) is 0 Å². The Morgan fingerprint density at radius 1 is 0.783 bits per heavy atom. The number of rotatable bonds is 10. The maximum absolute atomic E-state index is 13.1. The first kappa shape index (κ1) is 37.6. The maximum Gasteiger partial charge on any atom is 0.407 e. The van der Waals surface area contributed by atoms with Gasteiger partial charge in [0.25, 0.3) is 8.32 Å². The molecule has 0 aliphatic carbocycles. The zero-order valence-corrected chi connectivity index (χ0v) is 29.6. The Balaban J connectivity index is 2.25. The molecule has 11 nitrogen and oxygen atoms in total. The molecule has 1 amide bonds. The van der Waals surface area contributed by atoms with Crippen molar-refractivity contribution in [2.45, 2.75) is 81.0 Å². The normalized spacial score (nSPS) is 21.9. The first-order valence-electron chi connectivity index (χ1n) is 14.4. The molecule has 46 heavy (non-hydrogen) atoms. The number of carbonyl (C=O) groups is 4. The van der Waals surface area contributed by atoms with Crippen molar-refractivity contribution in [3.63, 3.8) is 0 Å². The number of hydrogen-bond donors (Lipinski definition) is 1. The number of ether oxygens (including phenoxy) is 5. The molecular weight excluding hydrogens is 681 g/mol. The average Bonchev–Trinajstić information content (AvgIpc) is 2.96. The summed E-state index contributed by atoms with van der Waals surface area (Å²) in [6.45, 7) is 8.58. The van der Waals surface area contributed by atoms with Gasteiger partial charge in [-0.15, -0.1) is 0 Å². The minimum Gasteiger partial charge on any atom is -0.463 e. The van der Waals surface area contributed by atoms with Crippen LogP contribution in [0.1, 0.15) is 41.5 Å². The number of halogens is 3. The van der Waals surface area contributed by atoms with Gasteiger partial charge < -0.3 is 33.4 Å². The second-order valence-corrected chi connectivity index (χ2v) is 18.4. The zero-order chi connectivity index (χ0) is 34.3. The van der Waals surface area contributed by atoms with Crippen molar-refractivity contribution in [3.8, 4) is 0 Å². The summed E-state index contributed by atoms with van der Waals surface area (Å²) >= 11 is 17.4. The second kappa shape index (κ2) is 15.8. The van der Waals surface area contributed by atoms with Crippen LogP contribution in [0, 0.1) is 0 Å². The van der Waals surface area contributed by atoms with Gasteiger partial charge in [0, 0.05) is 20.8 Å². The van der Waals surface area contributed by atoms with Crippen LogP contribution in [0.2, 0.25) is 5.04 Å². The molecule has 1 N–H and O–H groups in total. The number of alkyl halides is 3. The van der Waals surface area contributed by atoms with Crippen LogP contribution >= 0.6 is 34.8 Å². The van der Waals surface area contributed by atoms with Crippen LogP contribution in [0.4, 0.5) is 4.79 Å². The smallest absolute Gasteiger partial charge is 0.407 e. The molecule has 1 fully saturated rings. The van der Waals surface area contributed by atoms with Crippen molar-refractivity contribution < 1.29 is 47.3 Å². The van der Waals surface area contributed by atoms with E-state index in [4.69, 9.17) is 62.9 Å². The van der Waals surface area contributed by atoms with Gasteiger partial charge in [-0.05, 0) is 15.4 Å². The first-order chi connectivity index (χ1) is 21.4. The molecule has 0 spiro atoms. The summed E-state index contributed by atoms with van der Waals surface area (Å²) in [5, 5.41) is 3.81. The van der Waals surface area contributed by atoms with Crippen molar-refractivity contribution in [1.29, 1.82) is 0 Å². The minimum absolute atomic E-state index is 0.393. The molecule has 5 atom stereocenters. The van der Waals surface area contributed by atoms with Crippen LogP contribution in [-0.4, -0.2) is 80.0 Å². The number of carbonyl (C=O) groups excluding carboxylic acids is 4. The fourth-order valence-electron chi connectivity index (χ4n) is 5.35. The van der Waals surface area contributed by atoms with E-state index in [9.17, 15) is 19.2 Å². The van der Waals surface area contributed by atoms with Gasteiger partial charge in [-0.2, -0.15) is 0 Å². The molecular formula is C31H38Cl3NO10Si. The van der Waals surface area contributed by atoms with Crippen LogP contribution in [-0.2, 0) is 42.5 Å². The molecule has 0 saturated carbocycles. The third-order valence-corrected chi connectivity index (χ3v) is 12.4. The van der Waals surface area contributed by atoms with E-state index in [0.29, 0.717) is 0 Å². The van der Waals surface area contributed by atoms with E-state index in [1.165, 1.54) is 6.92 Å². The predicted molar refractivity (Wildman–Crippen MR) is 174 cm³/mol. The summed E-state index contributed by atoms with van der Waals surface area (Å²) in [7, 11) is -3.41. The quantitative estimate of drug-likeness (QED) is 0.165. The molecule has 3 rings (SSSR count). The Bertz CT molecular complexity index is 1310. The fraction of sp³-hybridized carbons (Fsp3) is 0.484. The van der Waals surface area contributed by atoms with Crippen LogP contribution in [0.25, 0.3) is 0 Å². The van der Waals surface area contributed by atoms with Crippen LogP contribution in [0.15, 0.2) is 60.7 Å². The number of amides is 1. The highest BCUT2D eigenvalue weighted by atomic mass is 35.6. The Labute approximate surface area is 284 Å². The highest BCUT2D eigenvalue weighted by Crippen LogP contribution is 2.40. The summed E-state index contributed by atoms with van der Waals surface area (Å²) in [5.41, 5.74) is 0. The van der Waals surface area contributed by atoms with Crippen molar-refractivity contribution in [2.75, 3.05) is 13.2 Å². The number of alkyl carbamates (subject to hydrolysis) is 1. The minimum atomic E-state index is -3.41. The van der Waals surface area contributed by atoms with Gasteiger partial charge in [-0.25, -0.2) is 4.79 Å². The third-order valence-electron chi connectivity index (χ3n) is 7.06. The standard InChI is InChI=1S/C31H38Cl3NO10Si/c1-19(36)40-17-24-26(42-20(2)37)27(43-21(3)38)25(35-29(39)41-18-31(32,33)34)28(44-24)45-46(30(4,5)6,22-13-9-7-10-14-22)23-15-11-8-12-16-23/h7-16,24-28H,17-18H2,1-6H3,(H,35,39). The summed E-state index contributed by atoms with van der Waals surface area (Å²) in [6.07, 6.45) is -6.38. The first-order valence-corrected chi connectivity index (χ1v) is 17.4. The van der Waals surface area contributed by atoms with Crippen molar-refractivity contribution in [3.05, 3.63) is 60.7 Å². The van der Waals surface area contributed by atoms with Gasteiger partial charge in [-0.3, -0.25) is 14.4 Å². The number of hydrogen-bond acceptors (Lipinski definition) is 10. The molecule has 15 heteroatoms. The monoisotopic (exact) mass is 717 g/mol.